The Morgan fingerprint density at radius 3 is 2.71 bits per heavy atom. The molecule has 0 spiro atoms. The number of nitrogens with one attached hydrogen (secondary N) is 2. The molecule has 2 N–H and O–H groups in total. The first-order valence-electron chi connectivity index (χ1n) is 7.64. The number of carbonyl (C=O) groups excluding carboxylic acids is 1. The maximum absolute atomic E-state index is 11.9. The number of hydrogen-bond donors (Lipinski definition) is 2. The minimum absolute atomic E-state index is 0.0226. The van der Waals surface area contributed by atoms with Crippen LogP contribution in [0, 0.1) is 0 Å². The molecule has 0 saturated heterocycles. The lowest BCUT2D eigenvalue weighted by Gasteiger charge is -2.09. The van der Waals surface area contributed by atoms with E-state index in [-0.39, 0.29) is 18.1 Å². The van der Waals surface area contributed by atoms with Crippen molar-refractivity contribution in [3.63, 3.8) is 0 Å². The number of rotatable bonds is 5. The largest absolute Gasteiger partial charge is 0.375 e. The lowest BCUT2D eigenvalue weighted by molar-refractivity contribution is -0.119. The number of amides is 1. The Balaban J connectivity index is 1.88. The average molecular weight is 322 g/mol. The molecule has 24 heavy (non-hydrogen) atoms. The quantitative estimate of drug-likeness (QED) is 0.759. The van der Waals surface area contributed by atoms with Crippen molar-refractivity contribution >= 4 is 22.4 Å². The van der Waals surface area contributed by atoms with Gasteiger partial charge in [-0.1, -0.05) is 30.3 Å². The fourth-order valence-corrected chi connectivity index (χ4v) is 2.72. The van der Waals surface area contributed by atoms with E-state index in [1.165, 1.54) is 7.11 Å². The molecule has 0 atom stereocenters. The Morgan fingerprint density at radius 2 is 1.92 bits per heavy atom. The third kappa shape index (κ3) is 3.52. The van der Waals surface area contributed by atoms with E-state index >= 15 is 0 Å². The Labute approximate surface area is 139 Å². The van der Waals surface area contributed by atoms with E-state index in [9.17, 15) is 9.59 Å². The highest BCUT2D eigenvalue weighted by atomic mass is 16.5. The molecule has 0 radical (unpaired) electrons. The second-order valence-electron chi connectivity index (χ2n) is 5.55. The number of ether oxygens (including phenoxy) is 1. The van der Waals surface area contributed by atoms with E-state index in [2.05, 4.69) is 10.3 Å². The summed E-state index contributed by atoms with van der Waals surface area (Å²) < 4.78 is 4.82. The SMILES string of the molecule is COCC(=O)Nc1cccc(Cc2c[nH]c(=O)c3ccccc23)c1. The number of H-pyrrole nitrogens is 1. The van der Waals surface area contributed by atoms with Gasteiger partial charge in [0.2, 0.25) is 5.91 Å². The molecule has 122 valence electrons. The summed E-state index contributed by atoms with van der Waals surface area (Å²) in [6.45, 7) is 0.0226. The predicted octanol–water partition coefficient (Wildman–Crippen LogP) is 2.70. The molecule has 5 nitrogen and oxygen atoms in total. The van der Waals surface area contributed by atoms with E-state index in [1.54, 1.807) is 6.20 Å². The molecule has 3 rings (SSSR count). The van der Waals surface area contributed by atoms with Gasteiger partial charge in [-0.05, 0) is 41.1 Å². The number of benzene rings is 2. The smallest absolute Gasteiger partial charge is 0.255 e. The molecule has 0 unspecified atom stereocenters. The average Bonchev–Trinajstić information content (AvgIpc) is 2.58. The Morgan fingerprint density at radius 1 is 1.12 bits per heavy atom. The van der Waals surface area contributed by atoms with E-state index in [0.29, 0.717) is 11.8 Å². The summed E-state index contributed by atoms with van der Waals surface area (Å²) >= 11 is 0. The highest BCUT2D eigenvalue weighted by Gasteiger charge is 2.07. The van der Waals surface area contributed by atoms with Crippen LogP contribution in [0.4, 0.5) is 5.69 Å². The summed E-state index contributed by atoms with van der Waals surface area (Å²) in [5.74, 6) is -0.191. The zero-order valence-corrected chi connectivity index (χ0v) is 13.3. The molecule has 1 heterocycles. The summed E-state index contributed by atoms with van der Waals surface area (Å²) in [5.41, 5.74) is 2.71. The highest BCUT2D eigenvalue weighted by molar-refractivity contribution is 5.91. The van der Waals surface area contributed by atoms with Gasteiger partial charge in [-0.3, -0.25) is 9.59 Å². The summed E-state index contributed by atoms with van der Waals surface area (Å²) in [6.07, 6.45) is 2.41. The predicted molar refractivity (Wildman–Crippen MR) is 94.3 cm³/mol. The minimum Gasteiger partial charge on any atom is -0.375 e. The van der Waals surface area contributed by atoms with Crippen LogP contribution in [-0.4, -0.2) is 24.6 Å². The standard InChI is InChI=1S/C19H18N2O3/c1-24-12-18(22)21-15-6-4-5-13(10-15)9-14-11-20-19(23)17-8-3-2-7-16(14)17/h2-8,10-11H,9,12H2,1H3,(H,20,23)(H,21,22). The molecular formula is C19H18N2O3. The number of fused-ring (bicyclic) bond motifs is 1. The van der Waals surface area contributed by atoms with Crippen LogP contribution in [0.15, 0.2) is 59.5 Å². The Hall–Kier alpha value is -2.92. The van der Waals surface area contributed by atoms with Crippen molar-refractivity contribution in [2.75, 3.05) is 19.0 Å². The first-order chi connectivity index (χ1) is 11.7. The summed E-state index contributed by atoms with van der Waals surface area (Å²) in [4.78, 5) is 26.3. The van der Waals surface area contributed by atoms with Gasteiger partial charge in [0.15, 0.2) is 0 Å². The van der Waals surface area contributed by atoms with Crippen LogP contribution >= 0.6 is 0 Å². The first-order valence-corrected chi connectivity index (χ1v) is 7.64. The van der Waals surface area contributed by atoms with E-state index in [1.807, 2.05) is 48.5 Å². The van der Waals surface area contributed by atoms with Crippen molar-refractivity contribution in [2.45, 2.75) is 6.42 Å². The third-order valence-corrected chi connectivity index (χ3v) is 3.78. The van der Waals surface area contributed by atoms with Crippen LogP contribution in [-0.2, 0) is 16.0 Å². The van der Waals surface area contributed by atoms with Gasteiger partial charge in [0, 0.05) is 24.4 Å². The summed E-state index contributed by atoms with van der Waals surface area (Å²) in [7, 11) is 1.48. The monoisotopic (exact) mass is 322 g/mol. The number of carbonyl (C=O) groups is 1. The van der Waals surface area contributed by atoms with Crippen molar-refractivity contribution in [2.24, 2.45) is 0 Å². The fourth-order valence-electron chi connectivity index (χ4n) is 2.72. The van der Waals surface area contributed by atoms with Crippen LogP contribution in [0.2, 0.25) is 0 Å². The number of methoxy groups -OCH3 is 1. The zero-order valence-electron chi connectivity index (χ0n) is 13.3. The van der Waals surface area contributed by atoms with Crippen molar-refractivity contribution in [3.05, 3.63) is 76.2 Å². The Kier molecular flexibility index (Phi) is 4.72. The van der Waals surface area contributed by atoms with E-state index in [0.717, 1.165) is 22.2 Å². The van der Waals surface area contributed by atoms with Gasteiger partial charge in [0.1, 0.15) is 6.61 Å². The lowest BCUT2D eigenvalue weighted by Crippen LogP contribution is -2.17. The molecule has 0 saturated carbocycles. The summed E-state index contributed by atoms with van der Waals surface area (Å²) in [5, 5.41) is 4.41. The highest BCUT2D eigenvalue weighted by Crippen LogP contribution is 2.19. The molecule has 5 heteroatoms. The topological polar surface area (TPSA) is 71.2 Å². The molecule has 0 aliphatic carbocycles. The number of pyridine rings is 1. The maximum Gasteiger partial charge on any atom is 0.255 e. The first kappa shape index (κ1) is 16.0. The van der Waals surface area contributed by atoms with Crippen molar-refractivity contribution in [3.8, 4) is 0 Å². The van der Waals surface area contributed by atoms with E-state index < -0.39 is 0 Å². The molecule has 0 fully saturated rings. The van der Waals surface area contributed by atoms with Gasteiger partial charge in [-0.15, -0.1) is 0 Å². The van der Waals surface area contributed by atoms with Gasteiger partial charge < -0.3 is 15.0 Å². The number of anilines is 1. The second-order valence-corrected chi connectivity index (χ2v) is 5.55. The van der Waals surface area contributed by atoms with Gasteiger partial charge in [0.05, 0.1) is 0 Å². The van der Waals surface area contributed by atoms with Crippen LogP contribution in [0.3, 0.4) is 0 Å². The molecule has 1 amide bonds. The molecule has 0 aliphatic heterocycles. The Bertz CT molecular complexity index is 931. The molecular weight excluding hydrogens is 304 g/mol. The van der Waals surface area contributed by atoms with Crippen LogP contribution in [0.1, 0.15) is 11.1 Å². The van der Waals surface area contributed by atoms with Crippen LogP contribution in [0.5, 0.6) is 0 Å². The van der Waals surface area contributed by atoms with Crippen molar-refractivity contribution in [1.82, 2.24) is 4.98 Å². The van der Waals surface area contributed by atoms with Crippen molar-refractivity contribution in [1.29, 1.82) is 0 Å². The molecule has 0 bridgehead atoms. The molecule has 1 aromatic heterocycles. The van der Waals surface area contributed by atoms with Gasteiger partial charge in [-0.25, -0.2) is 0 Å². The lowest BCUT2D eigenvalue weighted by atomic mass is 10.0. The van der Waals surface area contributed by atoms with Crippen LogP contribution in [0.25, 0.3) is 10.8 Å². The number of hydrogen-bond acceptors (Lipinski definition) is 3. The molecule has 2 aromatic carbocycles. The van der Waals surface area contributed by atoms with Gasteiger partial charge >= 0.3 is 0 Å². The number of aromatic nitrogens is 1. The fraction of sp³-hybridized carbons (Fsp3) is 0.158. The second kappa shape index (κ2) is 7.10. The molecule has 3 aromatic rings. The maximum atomic E-state index is 11.9. The third-order valence-electron chi connectivity index (χ3n) is 3.78. The normalized spacial score (nSPS) is 10.7. The zero-order chi connectivity index (χ0) is 16.9. The van der Waals surface area contributed by atoms with Crippen molar-refractivity contribution < 1.29 is 9.53 Å². The summed E-state index contributed by atoms with van der Waals surface area (Å²) in [6, 6.07) is 15.2. The van der Waals surface area contributed by atoms with Crippen LogP contribution < -0.4 is 10.9 Å². The van der Waals surface area contributed by atoms with E-state index in [4.69, 9.17) is 4.74 Å². The van der Waals surface area contributed by atoms with Gasteiger partial charge in [-0.2, -0.15) is 0 Å². The number of aromatic amines is 1. The molecule has 0 aliphatic rings. The minimum atomic E-state index is -0.191. The van der Waals surface area contributed by atoms with Gasteiger partial charge in [0.25, 0.3) is 5.56 Å².